The molecule has 0 radical (unpaired) electrons. The Bertz CT molecular complexity index is 367. The average Bonchev–Trinajstić information content (AvgIpc) is 2.99. The van der Waals surface area contributed by atoms with Gasteiger partial charge in [-0.2, -0.15) is 0 Å². The zero-order valence-corrected chi connectivity index (χ0v) is 10.2. The summed E-state index contributed by atoms with van der Waals surface area (Å²) in [5.74, 6) is 1.72. The third-order valence-corrected chi connectivity index (χ3v) is 4.09. The summed E-state index contributed by atoms with van der Waals surface area (Å²) >= 11 is 6.00. The van der Waals surface area contributed by atoms with Gasteiger partial charge in [0, 0.05) is 11.1 Å². The summed E-state index contributed by atoms with van der Waals surface area (Å²) < 4.78 is 0. The molecule has 0 saturated heterocycles. The van der Waals surface area contributed by atoms with Gasteiger partial charge < -0.3 is 5.32 Å². The van der Waals surface area contributed by atoms with Crippen molar-refractivity contribution in [3.8, 4) is 0 Å². The van der Waals surface area contributed by atoms with Crippen molar-refractivity contribution >= 4 is 11.6 Å². The first-order chi connectivity index (χ1) is 7.81. The van der Waals surface area contributed by atoms with E-state index < -0.39 is 0 Å². The number of halogens is 1. The molecule has 2 aliphatic carbocycles. The predicted molar refractivity (Wildman–Crippen MR) is 67.9 cm³/mol. The number of benzene rings is 1. The Balaban J connectivity index is 1.48. The van der Waals surface area contributed by atoms with Crippen molar-refractivity contribution in [2.75, 3.05) is 6.54 Å². The molecule has 0 atom stereocenters. The van der Waals surface area contributed by atoms with E-state index in [0.717, 1.165) is 22.9 Å². The van der Waals surface area contributed by atoms with Crippen molar-refractivity contribution < 1.29 is 0 Å². The van der Waals surface area contributed by atoms with E-state index in [1.807, 2.05) is 6.07 Å². The molecule has 0 amide bonds. The van der Waals surface area contributed by atoms with Crippen LogP contribution in [0, 0.1) is 5.92 Å². The molecule has 3 rings (SSSR count). The van der Waals surface area contributed by atoms with E-state index in [-0.39, 0.29) is 0 Å². The molecule has 2 aliphatic rings. The molecule has 1 aromatic carbocycles. The van der Waals surface area contributed by atoms with E-state index in [9.17, 15) is 0 Å². The second-order valence-corrected chi connectivity index (χ2v) is 5.71. The molecule has 0 heterocycles. The molecule has 0 aromatic heterocycles. The molecule has 16 heavy (non-hydrogen) atoms. The lowest BCUT2D eigenvalue weighted by molar-refractivity contribution is 0.288. The van der Waals surface area contributed by atoms with Gasteiger partial charge >= 0.3 is 0 Å². The van der Waals surface area contributed by atoms with Gasteiger partial charge in [0.05, 0.1) is 0 Å². The van der Waals surface area contributed by atoms with Crippen LogP contribution in [0.2, 0.25) is 5.02 Å². The van der Waals surface area contributed by atoms with Gasteiger partial charge in [0.1, 0.15) is 0 Å². The summed E-state index contributed by atoms with van der Waals surface area (Å²) in [6, 6.07) is 9.08. The van der Waals surface area contributed by atoms with E-state index in [4.69, 9.17) is 11.6 Å². The minimum Gasteiger partial charge on any atom is -0.314 e. The maximum absolute atomic E-state index is 6.00. The van der Waals surface area contributed by atoms with Crippen LogP contribution in [0.1, 0.15) is 37.2 Å². The van der Waals surface area contributed by atoms with Gasteiger partial charge in [-0.25, -0.2) is 0 Å². The predicted octanol–water partition coefficient (Wildman–Crippen LogP) is 3.59. The first kappa shape index (κ1) is 10.6. The van der Waals surface area contributed by atoms with Crippen LogP contribution in [0.5, 0.6) is 0 Å². The molecule has 2 heteroatoms. The molecule has 2 fully saturated rings. The van der Waals surface area contributed by atoms with Crippen LogP contribution in [0.4, 0.5) is 0 Å². The lowest BCUT2D eigenvalue weighted by Crippen LogP contribution is -2.40. The number of nitrogens with one attached hydrogen (secondary N) is 1. The van der Waals surface area contributed by atoms with Crippen LogP contribution in [0.15, 0.2) is 24.3 Å². The van der Waals surface area contributed by atoms with E-state index >= 15 is 0 Å². The maximum Gasteiger partial charge on any atom is 0.0408 e. The summed E-state index contributed by atoms with van der Waals surface area (Å²) in [4.78, 5) is 0. The first-order valence-corrected chi connectivity index (χ1v) is 6.68. The highest BCUT2D eigenvalue weighted by Gasteiger charge is 2.31. The van der Waals surface area contributed by atoms with E-state index in [1.54, 1.807) is 0 Å². The van der Waals surface area contributed by atoms with Crippen LogP contribution >= 0.6 is 11.6 Å². The van der Waals surface area contributed by atoms with Gasteiger partial charge in [-0.05, 0) is 61.8 Å². The topological polar surface area (TPSA) is 12.0 Å². The van der Waals surface area contributed by atoms with E-state index in [1.165, 1.54) is 37.8 Å². The van der Waals surface area contributed by atoms with Gasteiger partial charge in [-0.3, -0.25) is 0 Å². The lowest BCUT2D eigenvalue weighted by atomic mass is 9.76. The summed E-state index contributed by atoms with van der Waals surface area (Å²) in [7, 11) is 0. The van der Waals surface area contributed by atoms with Gasteiger partial charge in [-0.15, -0.1) is 0 Å². The van der Waals surface area contributed by atoms with Crippen molar-refractivity contribution in [1.82, 2.24) is 5.32 Å². The molecule has 2 saturated carbocycles. The Morgan fingerprint density at radius 1 is 1.25 bits per heavy atom. The third-order valence-electron chi connectivity index (χ3n) is 3.85. The van der Waals surface area contributed by atoms with Crippen LogP contribution in [-0.4, -0.2) is 12.6 Å². The van der Waals surface area contributed by atoms with Gasteiger partial charge in [0.2, 0.25) is 0 Å². The Morgan fingerprint density at radius 2 is 2.06 bits per heavy atom. The molecule has 0 bridgehead atoms. The monoisotopic (exact) mass is 235 g/mol. The quantitative estimate of drug-likeness (QED) is 0.841. The minimum atomic E-state index is 0.732. The van der Waals surface area contributed by atoms with Crippen molar-refractivity contribution in [2.24, 2.45) is 5.92 Å². The third kappa shape index (κ3) is 2.41. The van der Waals surface area contributed by atoms with Crippen LogP contribution in [0.3, 0.4) is 0 Å². The second-order valence-electron chi connectivity index (χ2n) is 5.27. The maximum atomic E-state index is 6.00. The van der Waals surface area contributed by atoms with Gasteiger partial charge in [-0.1, -0.05) is 23.7 Å². The molecule has 0 unspecified atom stereocenters. The summed E-state index contributed by atoms with van der Waals surface area (Å²) in [5.41, 5.74) is 1.41. The zero-order valence-electron chi connectivity index (χ0n) is 9.45. The molecule has 1 N–H and O–H groups in total. The summed E-state index contributed by atoms with van der Waals surface area (Å²) in [5, 5.41) is 4.53. The number of hydrogen-bond acceptors (Lipinski definition) is 1. The first-order valence-electron chi connectivity index (χ1n) is 6.30. The zero-order chi connectivity index (χ0) is 11.0. The second kappa shape index (κ2) is 4.38. The minimum absolute atomic E-state index is 0.732. The van der Waals surface area contributed by atoms with Crippen molar-refractivity contribution in [1.29, 1.82) is 0 Å². The van der Waals surface area contributed by atoms with Crippen LogP contribution in [-0.2, 0) is 0 Å². The van der Waals surface area contributed by atoms with Crippen molar-refractivity contribution in [3.63, 3.8) is 0 Å². The molecular formula is C14H18ClN. The highest BCUT2D eigenvalue weighted by Crippen LogP contribution is 2.38. The van der Waals surface area contributed by atoms with E-state index in [0.29, 0.717) is 0 Å². The fraction of sp³-hybridized carbons (Fsp3) is 0.571. The summed E-state index contributed by atoms with van der Waals surface area (Å²) in [6.07, 6.45) is 5.45. The smallest absolute Gasteiger partial charge is 0.0408 e. The van der Waals surface area contributed by atoms with Crippen LogP contribution < -0.4 is 5.32 Å². The average molecular weight is 236 g/mol. The lowest BCUT2D eigenvalue weighted by Gasteiger charge is -2.36. The molecular weight excluding hydrogens is 218 g/mol. The fourth-order valence-corrected chi connectivity index (χ4v) is 2.67. The van der Waals surface area contributed by atoms with Gasteiger partial charge in [0.25, 0.3) is 0 Å². The normalized spacial score (nSPS) is 28.8. The van der Waals surface area contributed by atoms with Crippen molar-refractivity contribution in [2.45, 2.75) is 37.6 Å². The molecule has 86 valence electrons. The van der Waals surface area contributed by atoms with E-state index in [2.05, 4.69) is 23.5 Å². The van der Waals surface area contributed by atoms with Crippen molar-refractivity contribution in [3.05, 3.63) is 34.9 Å². The number of hydrogen-bond donors (Lipinski definition) is 1. The molecule has 1 nitrogen and oxygen atoms in total. The Morgan fingerprint density at radius 3 is 2.75 bits per heavy atom. The molecule has 1 aromatic rings. The molecule has 0 spiro atoms. The Hall–Kier alpha value is -0.530. The van der Waals surface area contributed by atoms with Crippen LogP contribution in [0.25, 0.3) is 0 Å². The largest absolute Gasteiger partial charge is 0.314 e. The SMILES string of the molecule is Clc1cccc(C2CC(NCC3CC3)C2)c1. The number of rotatable bonds is 4. The summed E-state index contributed by atoms with van der Waals surface area (Å²) in [6.45, 7) is 1.24. The standard InChI is InChI=1S/C14H18ClN/c15-13-3-1-2-11(6-13)12-7-14(8-12)16-9-10-4-5-10/h1-3,6,10,12,14,16H,4-5,7-9H2. The van der Waals surface area contributed by atoms with Gasteiger partial charge in [0.15, 0.2) is 0 Å². The highest BCUT2D eigenvalue weighted by atomic mass is 35.5. The highest BCUT2D eigenvalue weighted by molar-refractivity contribution is 6.30. The Labute approximate surface area is 102 Å². The molecule has 0 aliphatic heterocycles. The Kier molecular flexibility index (Phi) is 2.91. The fourth-order valence-electron chi connectivity index (χ4n) is 2.47.